The summed E-state index contributed by atoms with van der Waals surface area (Å²) in [6.07, 6.45) is 0. The van der Waals surface area contributed by atoms with E-state index in [1.165, 1.54) is 17.0 Å². The Morgan fingerprint density at radius 1 is 0.951 bits per heavy atom. The van der Waals surface area contributed by atoms with Crippen molar-refractivity contribution in [2.45, 2.75) is 52.1 Å². The van der Waals surface area contributed by atoms with Crippen molar-refractivity contribution in [2.75, 3.05) is 24.0 Å². The molecule has 0 saturated heterocycles. The third-order valence-electron chi connectivity index (χ3n) is 6.47. The molecule has 1 atom stereocenters. The van der Waals surface area contributed by atoms with Crippen LogP contribution in [0.25, 0.3) is 0 Å². The minimum atomic E-state index is -4.17. The molecule has 10 heteroatoms. The van der Waals surface area contributed by atoms with E-state index in [1.807, 2.05) is 27.7 Å². The Bertz CT molecular complexity index is 1430. The number of hydrogen-bond donors (Lipinski definition) is 1. The van der Waals surface area contributed by atoms with E-state index in [0.29, 0.717) is 35.2 Å². The van der Waals surface area contributed by atoms with E-state index < -0.39 is 28.5 Å². The molecule has 0 aliphatic heterocycles. The van der Waals surface area contributed by atoms with Gasteiger partial charge in [-0.3, -0.25) is 13.9 Å². The van der Waals surface area contributed by atoms with E-state index in [1.54, 1.807) is 67.6 Å². The zero-order valence-electron chi connectivity index (χ0n) is 24.1. The fraction of sp³-hybridized carbons (Fsp3) is 0.355. The number of benzene rings is 3. The Balaban J connectivity index is 2.01. The molecule has 0 aliphatic carbocycles. The fourth-order valence-electron chi connectivity index (χ4n) is 4.09. The number of amides is 2. The molecule has 2 amide bonds. The van der Waals surface area contributed by atoms with Gasteiger partial charge in [-0.15, -0.1) is 0 Å². The van der Waals surface area contributed by atoms with Crippen molar-refractivity contribution in [1.29, 1.82) is 0 Å². The van der Waals surface area contributed by atoms with Gasteiger partial charge in [0, 0.05) is 18.1 Å². The molecule has 3 aromatic rings. The van der Waals surface area contributed by atoms with Crippen molar-refractivity contribution in [3.63, 3.8) is 0 Å². The van der Waals surface area contributed by atoms with Crippen LogP contribution >= 0.6 is 11.6 Å². The Kier molecular flexibility index (Phi) is 11.2. The number of nitrogens with one attached hydrogen (secondary N) is 1. The lowest BCUT2D eigenvalue weighted by molar-refractivity contribution is -0.139. The molecule has 0 unspecified atom stereocenters. The van der Waals surface area contributed by atoms with Crippen LogP contribution in [-0.4, -0.2) is 50.9 Å². The molecule has 0 heterocycles. The number of carbonyl (C=O) groups excluding carboxylic acids is 2. The highest BCUT2D eigenvalue weighted by Gasteiger charge is 2.32. The molecule has 8 nitrogen and oxygen atoms in total. The van der Waals surface area contributed by atoms with Crippen LogP contribution in [0.1, 0.15) is 38.8 Å². The maximum Gasteiger partial charge on any atom is 0.264 e. The summed E-state index contributed by atoms with van der Waals surface area (Å²) in [4.78, 5) is 28.4. The molecule has 0 bridgehead atoms. The summed E-state index contributed by atoms with van der Waals surface area (Å²) >= 11 is 6.41. The van der Waals surface area contributed by atoms with Crippen LogP contribution in [0.3, 0.4) is 0 Å². The summed E-state index contributed by atoms with van der Waals surface area (Å²) in [6.45, 7) is 9.70. The molecule has 220 valence electrons. The molecule has 1 N–H and O–H groups in total. The van der Waals surface area contributed by atoms with Crippen LogP contribution in [0.2, 0.25) is 5.02 Å². The second-order valence-electron chi connectivity index (χ2n) is 10.2. The van der Waals surface area contributed by atoms with Crippen LogP contribution < -0.4 is 14.4 Å². The quantitative estimate of drug-likeness (QED) is 0.283. The summed E-state index contributed by atoms with van der Waals surface area (Å²) in [5.74, 6) is -0.130. The summed E-state index contributed by atoms with van der Waals surface area (Å²) in [6, 6.07) is 19.1. The maximum absolute atomic E-state index is 14.0. The third kappa shape index (κ3) is 8.47. The highest BCUT2D eigenvalue weighted by atomic mass is 35.5. The average Bonchev–Trinajstić information content (AvgIpc) is 2.94. The molecule has 0 saturated carbocycles. The van der Waals surface area contributed by atoms with E-state index in [0.717, 1.165) is 9.87 Å². The normalized spacial score (nSPS) is 12.1. The Morgan fingerprint density at radius 3 is 2.17 bits per heavy atom. The van der Waals surface area contributed by atoms with Gasteiger partial charge < -0.3 is 15.0 Å². The molecule has 0 radical (unpaired) electrons. The van der Waals surface area contributed by atoms with Crippen molar-refractivity contribution in [2.24, 2.45) is 5.92 Å². The first kappa shape index (κ1) is 32.0. The molecule has 0 fully saturated rings. The SMILES string of the molecule is CCOc1ccc(S(=O)(=O)N(CC(=O)N(Cc2ccccc2Cl)[C@@H](C)C(=O)NCC(C)C)c2ccc(C)cc2)cc1. The lowest BCUT2D eigenvalue weighted by atomic mass is 10.1. The number of sulfonamides is 1. The molecule has 0 spiro atoms. The summed E-state index contributed by atoms with van der Waals surface area (Å²) in [5, 5.41) is 3.31. The van der Waals surface area contributed by atoms with Crippen LogP contribution in [-0.2, 0) is 26.2 Å². The predicted molar refractivity (Wildman–Crippen MR) is 163 cm³/mol. The van der Waals surface area contributed by atoms with Gasteiger partial charge >= 0.3 is 0 Å². The number of carbonyl (C=O) groups is 2. The van der Waals surface area contributed by atoms with E-state index >= 15 is 0 Å². The molecule has 41 heavy (non-hydrogen) atoms. The minimum Gasteiger partial charge on any atom is -0.494 e. The first-order chi connectivity index (χ1) is 19.4. The average molecular weight is 600 g/mol. The number of nitrogens with zero attached hydrogens (tertiary/aromatic N) is 2. The van der Waals surface area contributed by atoms with Crippen molar-refractivity contribution >= 4 is 39.1 Å². The van der Waals surface area contributed by atoms with Gasteiger partial charge in [0.1, 0.15) is 18.3 Å². The molecule has 3 rings (SSSR count). The largest absolute Gasteiger partial charge is 0.494 e. The highest BCUT2D eigenvalue weighted by molar-refractivity contribution is 7.92. The monoisotopic (exact) mass is 599 g/mol. The van der Waals surface area contributed by atoms with Crippen molar-refractivity contribution in [3.05, 3.63) is 88.9 Å². The zero-order valence-corrected chi connectivity index (χ0v) is 25.7. The van der Waals surface area contributed by atoms with Crippen molar-refractivity contribution in [3.8, 4) is 5.75 Å². The molecular formula is C31H38ClN3O5S. The van der Waals surface area contributed by atoms with Gasteiger partial charge in [-0.2, -0.15) is 0 Å². The number of hydrogen-bond acceptors (Lipinski definition) is 5. The number of halogens is 1. The number of aryl methyl sites for hydroxylation is 1. The summed E-state index contributed by atoms with van der Waals surface area (Å²) in [5.41, 5.74) is 1.91. The topological polar surface area (TPSA) is 96.0 Å². The Hall–Kier alpha value is -3.56. The number of rotatable bonds is 13. The van der Waals surface area contributed by atoms with Crippen LogP contribution in [0.5, 0.6) is 5.75 Å². The van der Waals surface area contributed by atoms with E-state index in [4.69, 9.17) is 16.3 Å². The van der Waals surface area contributed by atoms with Gasteiger partial charge in [0.15, 0.2) is 0 Å². The second-order valence-corrected chi connectivity index (χ2v) is 12.4. The van der Waals surface area contributed by atoms with Gasteiger partial charge in [0.25, 0.3) is 10.0 Å². The van der Waals surface area contributed by atoms with Gasteiger partial charge in [0.2, 0.25) is 11.8 Å². The van der Waals surface area contributed by atoms with E-state index in [9.17, 15) is 18.0 Å². The minimum absolute atomic E-state index is 0.00899. The summed E-state index contributed by atoms with van der Waals surface area (Å²) in [7, 11) is -4.17. The number of ether oxygens (including phenoxy) is 1. The standard InChI is InChI=1S/C31H38ClN3O5S/c1-6-40-27-15-17-28(18-16-27)41(38,39)35(26-13-11-23(4)12-14-26)21-30(36)34(20-25-9-7-8-10-29(25)32)24(5)31(37)33-19-22(2)3/h7-18,22,24H,6,19-21H2,1-5H3,(H,33,37)/t24-/m0/s1. The van der Waals surface area contributed by atoms with Crippen LogP contribution in [0.4, 0.5) is 5.69 Å². The molecule has 0 aromatic heterocycles. The van der Waals surface area contributed by atoms with E-state index in [-0.39, 0.29) is 23.3 Å². The first-order valence-corrected chi connectivity index (χ1v) is 15.4. The summed E-state index contributed by atoms with van der Waals surface area (Å²) < 4.78 is 34.4. The van der Waals surface area contributed by atoms with Gasteiger partial charge in [-0.25, -0.2) is 8.42 Å². The third-order valence-corrected chi connectivity index (χ3v) is 8.63. The molecule has 3 aromatic carbocycles. The van der Waals surface area contributed by atoms with Gasteiger partial charge in [-0.05, 0) is 74.7 Å². The Morgan fingerprint density at radius 2 is 1.59 bits per heavy atom. The zero-order chi connectivity index (χ0) is 30.2. The van der Waals surface area contributed by atoms with Gasteiger partial charge in [-0.1, -0.05) is 61.3 Å². The van der Waals surface area contributed by atoms with Gasteiger partial charge in [0.05, 0.1) is 17.2 Å². The second kappa shape index (κ2) is 14.4. The van der Waals surface area contributed by atoms with Crippen LogP contribution in [0.15, 0.2) is 77.7 Å². The highest BCUT2D eigenvalue weighted by Crippen LogP contribution is 2.27. The van der Waals surface area contributed by atoms with Crippen molar-refractivity contribution in [1.82, 2.24) is 10.2 Å². The van der Waals surface area contributed by atoms with E-state index in [2.05, 4.69) is 5.32 Å². The smallest absolute Gasteiger partial charge is 0.264 e. The fourth-order valence-corrected chi connectivity index (χ4v) is 5.70. The molecule has 0 aliphatic rings. The molecular weight excluding hydrogens is 562 g/mol. The van der Waals surface area contributed by atoms with Crippen molar-refractivity contribution < 1.29 is 22.7 Å². The Labute approximate surface area is 248 Å². The van der Waals surface area contributed by atoms with Crippen LogP contribution in [0, 0.1) is 12.8 Å². The predicted octanol–water partition coefficient (Wildman–Crippen LogP) is 5.43. The lowest BCUT2D eigenvalue weighted by Gasteiger charge is -2.32. The first-order valence-electron chi connectivity index (χ1n) is 13.6. The number of anilines is 1. The lowest BCUT2D eigenvalue weighted by Crippen LogP contribution is -2.51. The maximum atomic E-state index is 14.0.